The second-order valence-electron chi connectivity index (χ2n) is 6.59. The summed E-state index contributed by atoms with van der Waals surface area (Å²) in [5.41, 5.74) is 2.46. The highest BCUT2D eigenvalue weighted by molar-refractivity contribution is 5.79. The van der Waals surface area contributed by atoms with Crippen molar-refractivity contribution in [2.45, 2.75) is 39.8 Å². The molecule has 0 saturated heterocycles. The highest BCUT2D eigenvalue weighted by Gasteiger charge is 2.17. The van der Waals surface area contributed by atoms with E-state index in [1.807, 2.05) is 24.0 Å². The number of benzene rings is 1. The minimum absolute atomic E-state index is 0.419. The summed E-state index contributed by atoms with van der Waals surface area (Å²) in [4.78, 5) is 7.23. The summed E-state index contributed by atoms with van der Waals surface area (Å²) in [6, 6.07) is 13.1. The standard InChI is InChI=1S/C21H34N6/c1-5-22-21(23-16-19-13-14-25-26(19)4)24-17-20(27(6-2)7-3)15-18-11-9-8-10-12-18/h8-14,20H,5-7,15-17H2,1-4H3,(H2,22,23,24). The summed E-state index contributed by atoms with van der Waals surface area (Å²) < 4.78 is 1.86. The van der Waals surface area contributed by atoms with E-state index in [1.165, 1.54) is 5.56 Å². The molecule has 6 nitrogen and oxygen atoms in total. The number of aliphatic imine (C=N–C) groups is 1. The Balaban J connectivity index is 2.03. The minimum Gasteiger partial charge on any atom is -0.357 e. The van der Waals surface area contributed by atoms with Gasteiger partial charge in [-0.25, -0.2) is 4.99 Å². The first-order valence-electron chi connectivity index (χ1n) is 9.94. The molecule has 0 radical (unpaired) electrons. The first-order chi connectivity index (χ1) is 13.2. The van der Waals surface area contributed by atoms with E-state index in [0.29, 0.717) is 12.6 Å². The maximum Gasteiger partial charge on any atom is 0.191 e. The van der Waals surface area contributed by atoms with Crippen LogP contribution < -0.4 is 10.6 Å². The summed E-state index contributed by atoms with van der Waals surface area (Å²) in [6.07, 6.45) is 2.83. The van der Waals surface area contributed by atoms with Crippen molar-refractivity contribution in [1.29, 1.82) is 0 Å². The van der Waals surface area contributed by atoms with Gasteiger partial charge >= 0.3 is 0 Å². The lowest BCUT2D eigenvalue weighted by molar-refractivity contribution is 0.215. The highest BCUT2D eigenvalue weighted by Crippen LogP contribution is 2.09. The van der Waals surface area contributed by atoms with Gasteiger partial charge < -0.3 is 10.6 Å². The van der Waals surface area contributed by atoms with Crippen LogP contribution in [0.1, 0.15) is 32.0 Å². The predicted molar refractivity (Wildman–Crippen MR) is 113 cm³/mol. The van der Waals surface area contributed by atoms with E-state index < -0.39 is 0 Å². The maximum atomic E-state index is 4.72. The second-order valence-corrected chi connectivity index (χ2v) is 6.59. The van der Waals surface area contributed by atoms with E-state index in [2.05, 4.69) is 71.7 Å². The molecule has 2 N–H and O–H groups in total. The first kappa shape index (κ1) is 21.0. The van der Waals surface area contributed by atoms with Crippen LogP contribution in [-0.4, -0.2) is 52.9 Å². The average molecular weight is 371 g/mol. The van der Waals surface area contributed by atoms with E-state index in [9.17, 15) is 0 Å². The van der Waals surface area contributed by atoms with Crippen LogP contribution in [0.4, 0.5) is 0 Å². The van der Waals surface area contributed by atoms with Crippen LogP contribution in [0.3, 0.4) is 0 Å². The van der Waals surface area contributed by atoms with Gasteiger partial charge in [-0.3, -0.25) is 9.58 Å². The van der Waals surface area contributed by atoms with Gasteiger partial charge in [0.25, 0.3) is 0 Å². The number of aromatic nitrogens is 2. The molecule has 0 amide bonds. The summed E-state index contributed by atoms with van der Waals surface area (Å²) in [7, 11) is 1.95. The number of hydrogen-bond donors (Lipinski definition) is 2. The van der Waals surface area contributed by atoms with E-state index >= 15 is 0 Å². The van der Waals surface area contributed by atoms with Crippen LogP contribution in [0.2, 0.25) is 0 Å². The molecule has 1 heterocycles. The van der Waals surface area contributed by atoms with Gasteiger partial charge in [0.1, 0.15) is 0 Å². The highest BCUT2D eigenvalue weighted by atomic mass is 15.3. The third-order valence-electron chi connectivity index (χ3n) is 4.81. The molecule has 0 bridgehead atoms. The Morgan fingerprint density at radius 1 is 1.11 bits per heavy atom. The number of nitrogens with zero attached hydrogens (tertiary/aromatic N) is 4. The number of guanidine groups is 1. The smallest absolute Gasteiger partial charge is 0.191 e. The van der Waals surface area contributed by atoms with Crippen molar-refractivity contribution in [3.05, 3.63) is 53.9 Å². The molecule has 0 aliphatic carbocycles. The van der Waals surface area contributed by atoms with Crippen molar-refractivity contribution in [3.63, 3.8) is 0 Å². The van der Waals surface area contributed by atoms with Gasteiger partial charge in [0.2, 0.25) is 0 Å². The topological polar surface area (TPSA) is 57.5 Å². The molecule has 0 fully saturated rings. The molecule has 6 heteroatoms. The second kappa shape index (κ2) is 11.4. The van der Waals surface area contributed by atoms with Crippen LogP contribution in [0.5, 0.6) is 0 Å². The van der Waals surface area contributed by atoms with Crippen molar-refractivity contribution in [1.82, 2.24) is 25.3 Å². The monoisotopic (exact) mass is 370 g/mol. The Morgan fingerprint density at radius 3 is 2.44 bits per heavy atom. The first-order valence-corrected chi connectivity index (χ1v) is 9.94. The Bertz CT molecular complexity index is 675. The van der Waals surface area contributed by atoms with Crippen molar-refractivity contribution in [3.8, 4) is 0 Å². The van der Waals surface area contributed by atoms with Crippen LogP contribution in [-0.2, 0) is 20.0 Å². The molecule has 1 aromatic carbocycles. The summed E-state index contributed by atoms with van der Waals surface area (Å²) in [6.45, 7) is 10.9. The molecular weight excluding hydrogens is 336 g/mol. The van der Waals surface area contributed by atoms with Gasteiger partial charge in [0.15, 0.2) is 5.96 Å². The molecule has 0 saturated carbocycles. The fraction of sp³-hybridized carbons (Fsp3) is 0.524. The number of likely N-dealkylation sites (N-methyl/N-ethyl adjacent to an activating group) is 1. The Kier molecular flexibility index (Phi) is 8.84. The molecule has 2 aromatic rings. The average Bonchev–Trinajstić information content (AvgIpc) is 3.10. The third kappa shape index (κ3) is 6.71. The van der Waals surface area contributed by atoms with Gasteiger partial charge in [-0.05, 0) is 38.1 Å². The molecule has 0 spiro atoms. The molecule has 0 aliphatic heterocycles. The number of rotatable bonds is 10. The number of hydrogen-bond acceptors (Lipinski definition) is 3. The minimum atomic E-state index is 0.419. The van der Waals surface area contributed by atoms with Crippen LogP contribution in [0, 0.1) is 0 Å². The molecule has 1 unspecified atom stereocenters. The lowest BCUT2D eigenvalue weighted by atomic mass is 10.0. The van der Waals surface area contributed by atoms with Crippen molar-refractivity contribution >= 4 is 5.96 Å². The predicted octanol–water partition coefficient (Wildman–Crippen LogP) is 2.43. The zero-order valence-electron chi connectivity index (χ0n) is 17.2. The number of nitrogens with one attached hydrogen (secondary N) is 2. The van der Waals surface area contributed by atoms with Crippen LogP contribution >= 0.6 is 0 Å². The quantitative estimate of drug-likeness (QED) is 0.498. The van der Waals surface area contributed by atoms with Gasteiger partial charge in [-0.2, -0.15) is 5.10 Å². The van der Waals surface area contributed by atoms with Gasteiger partial charge in [0, 0.05) is 32.4 Å². The normalized spacial score (nSPS) is 13.0. The molecule has 1 atom stereocenters. The zero-order valence-corrected chi connectivity index (χ0v) is 17.2. The fourth-order valence-corrected chi connectivity index (χ4v) is 3.23. The van der Waals surface area contributed by atoms with Crippen molar-refractivity contribution < 1.29 is 0 Å². The van der Waals surface area contributed by atoms with E-state index in [1.54, 1.807) is 0 Å². The lowest BCUT2D eigenvalue weighted by Crippen LogP contribution is -2.48. The van der Waals surface area contributed by atoms with E-state index in [0.717, 1.165) is 44.3 Å². The SMILES string of the molecule is CCNC(=NCc1ccnn1C)NCC(Cc1ccccc1)N(CC)CC. The zero-order chi connectivity index (χ0) is 19.5. The Labute approximate surface area is 163 Å². The van der Waals surface area contributed by atoms with Crippen LogP contribution in [0.15, 0.2) is 47.6 Å². The lowest BCUT2D eigenvalue weighted by Gasteiger charge is -2.30. The summed E-state index contributed by atoms with van der Waals surface area (Å²) in [5.74, 6) is 0.851. The third-order valence-corrected chi connectivity index (χ3v) is 4.81. The maximum absolute atomic E-state index is 4.72. The summed E-state index contributed by atoms with van der Waals surface area (Å²) in [5, 5.41) is 11.1. The molecular formula is C21H34N6. The molecule has 2 rings (SSSR count). The molecule has 0 aliphatic rings. The number of aryl methyl sites for hydroxylation is 1. The van der Waals surface area contributed by atoms with Crippen molar-refractivity contribution in [2.24, 2.45) is 12.0 Å². The van der Waals surface area contributed by atoms with E-state index in [4.69, 9.17) is 4.99 Å². The molecule has 148 valence electrons. The Morgan fingerprint density at radius 2 is 1.85 bits per heavy atom. The largest absolute Gasteiger partial charge is 0.357 e. The van der Waals surface area contributed by atoms with E-state index in [-0.39, 0.29) is 0 Å². The van der Waals surface area contributed by atoms with Gasteiger partial charge in [-0.1, -0.05) is 44.2 Å². The molecule has 27 heavy (non-hydrogen) atoms. The van der Waals surface area contributed by atoms with Crippen molar-refractivity contribution in [2.75, 3.05) is 26.2 Å². The molecule has 1 aromatic heterocycles. The van der Waals surface area contributed by atoms with Crippen LogP contribution in [0.25, 0.3) is 0 Å². The summed E-state index contributed by atoms with van der Waals surface area (Å²) >= 11 is 0. The van der Waals surface area contributed by atoms with Gasteiger partial charge in [-0.15, -0.1) is 0 Å². The van der Waals surface area contributed by atoms with Gasteiger partial charge in [0.05, 0.1) is 12.2 Å². The Hall–Kier alpha value is -2.34. The fourth-order valence-electron chi connectivity index (χ4n) is 3.23.